The predicted molar refractivity (Wildman–Crippen MR) is 82.1 cm³/mol. The van der Waals surface area contributed by atoms with Gasteiger partial charge in [0.25, 0.3) is 0 Å². The molecule has 1 aromatic carbocycles. The minimum absolute atomic E-state index is 0.0809. The Morgan fingerprint density at radius 2 is 1.90 bits per heavy atom. The number of hydrogen-bond donors (Lipinski definition) is 1. The van der Waals surface area contributed by atoms with Gasteiger partial charge in [0.1, 0.15) is 5.75 Å². The van der Waals surface area contributed by atoms with Gasteiger partial charge in [-0.2, -0.15) is 0 Å². The van der Waals surface area contributed by atoms with Gasteiger partial charge in [0.15, 0.2) is 0 Å². The zero-order valence-electron chi connectivity index (χ0n) is 12.6. The lowest BCUT2D eigenvalue weighted by Gasteiger charge is -2.22. The van der Waals surface area contributed by atoms with Crippen LogP contribution in [0.4, 0.5) is 0 Å². The smallest absolute Gasteiger partial charge is 0.124 e. The summed E-state index contributed by atoms with van der Waals surface area (Å²) in [5.74, 6) is 0.920. The van der Waals surface area contributed by atoms with E-state index in [1.165, 1.54) is 0 Å². The first-order valence-electron chi connectivity index (χ1n) is 6.96. The van der Waals surface area contributed by atoms with E-state index in [2.05, 4.69) is 29.4 Å². The van der Waals surface area contributed by atoms with Gasteiger partial charge in [-0.3, -0.25) is 4.98 Å². The van der Waals surface area contributed by atoms with E-state index >= 15 is 0 Å². The molecule has 2 rings (SSSR count). The van der Waals surface area contributed by atoms with Crippen LogP contribution in [0.3, 0.4) is 0 Å². The van der Waals surface area contributed by atoms with Crippen molar-refractivity contribution in [3.05, 3.63) is 59.4 Å². The maximum absolute atomic E-state index is 5.92. The molecule has 1 heterocycles. The lowest BCUT2D eigenvalue weighted by molar-refractivity contribution is 0.238. The third-order valence-electron chi connectivity index (χ3n) is 3.11. The predicted octanol–water partition coefficient (Wildman–Crippen LogP) is 3.49. The topological polar surface area (TPSA) is 34.2 Å². The number of benzene rings is 1. The van der Waals surface area contributed by atoms with Gasteiger partial charge in [0, 0.05) is 18.0 Å². The molecule has 2 aromatic rings. The molecule has 0 aliphatic rings. The second-order valence-corrected chi connectivity index (χ2v) is 5.22. The quantitative estimate of drug-likeness (QED) is 0.903. The van der Waals surface area contributed by atoms with Gasteiger partial charge >= 0.3 is 0 Å². The number of pyridine rings is 1. The molecule has 0 aliphatic heterocycles. The number of nitrogens with one attached hydrogen (secondary N) is 1. The molecule has 0 spiro atoms. The Bertz CT molecular complexity index is 566. The van der Waals surface area contributed by atoms with Crippen LogP contribution < -0.4 is 10.1 Å². The lowest BCUT2D eigenvalue weighted by Crippen LogP contribution is -2.20. The maximum atomic E-state index is 5.92. The Morgan fingerprint density at radius 1 is 1.15 bits per heavy atom. The Kier molecular flexibility index (Phi) is 4.74. The van der Waals surface area contributed by atoms with E-state index in [4.69, 9.17) is 4.74 Å². The highest BCUT2D eigenvalue weighted by molar-refractivity contribution is 5.41. The van der Waals surface area contributed by atoms with Crippen molar-refractivity contribution in [3.8, 4) is 5.75 Å². The van der Waals surface area contributed by atoms with E-state index in [-0.39, 0.29) is 12.1 Å². The highest BCUT2D eigenvalue weighted by Gasteiger charge is 2.17. The summed E-state index contributed by atoms with van der Waals surface area (Å²) in [7, 11) is 1.96. The second kappa shape index (κ2) is 6.53. The lowest BCUT2D eigenvalue weighted by atomic mass is 9.98. The first kappa shape index (κ1) is 14.5. The molecule has 0 radical (unpaired) electrons. The van der Waals surface area contributed by atoms with E-state index in [1.54, 1.807) is 0 Å². The average molecular weight is 270 g/mol. The van der Waals surface area contributed by atoms with Crippen molar-refractivity contribution in [2.24, 2.45) is 0 Å². The summed E-state index contributed by atoms with van der Waals surface area (Å²) >= 11 is 0. The van der Waals surface area contributed by atoms with E-state index in [1.807, 2.05) is 51.5 Å². The van der Waals surface area contributed by atoms with Crippen LogP contribution in [0.1, 0.15) is 36.6 Å². The van der Waals surface area contributed by atoms with Crippen molar-refractivity contribution in [2.75, 3.05) is 7.05 Å². The van der Waals surface area contributed by atoms with Gasteiger partial charge in [-0.25, -0.2) is 0 Å². The molecule has 106 valence electrons. The van der Waals surface area contributed by atoms with Crippen molar-refractivity contribution >= 4 is 0 Å². The van der Waals surface area contributed by atoms with Crippen LogP contribution in [0.15, 0.2) is 42.7 Å². The molecular weight excluding hydrogens is 248 g/mol. The van der Waals surface area contributed by atoms with E-state index in [0.29, 0.717) is 0 Å². The van der Waals surface area contributed by atoms with Crippen molar-refractivity contribution in [1.82, 2.24) is 10.3 Å². The highest BCUT2D eigenvalue weighted by Crippen LogP contribution is 2.30. The normalized spacial score (nSPS) is 12.4. The zero-order chi connectivity index (χ0) is 14.5. The van der Waals surface area contributed by atoms with E-state index in [0.717, 1.165) is 22.4 Å². The number of rotatable bonds is 5. The number of aryl methyl sites for hydroxylation is 1. The molecule has 20 heavy (non-hydrogen) atoms. The fourth-order valence-corrected chi connectivity index (χ4v) is 2.32. The molecule has 1 N–H and O–H groups in total. The van der Waals surface area contributed by atoms with Crippen LogP contribution in [0, 0.1) is 6.92 Å². The summed E-state index contributed by atoms with van der Waals surface area (Å²) in [5.41, 5.74) is 3.44. The fraction of sp³-hybridized carbons (Fsp3) is 0.353. The van der Waals surface area contributed by atoms with Gasteiger partial charge < -0.3 is 10.1 Å². The van der Waals surface area contributed by atoms with Crippen molar-refractivity contribution in [1.29, 1.82) is 0 Å². The standard InChI is InChI=1S/C17H22N2O/c1-12(2)20-16-8-6-5-7-15(16)17(18-4)14-9-13(3)10-19-11-14/h5-12,17-18H,1-4H3. The number of para-hydroxylation sites is 1. The molecule has 0 aliphatic carbocycles. The van der Waals surface area contributed by atoms with Crippen LogP contribution in [-0.2, 0) is 0 Å². The van der Waals surface area contributed by atoms with Crippen LogP contribution in [0.25, 0.3) is 0 Å². The summed E-state index contributed by atoms with van der Waals surface area (Å²) in [6.45, 7) is 6.14. The number of hydrogen-bond acceptors (Lipinski definition) is 3. The van der Waals surface area contributed by atoms with Crippen LogP contribution >= 0.6 is 0 Å². The molecule has 0 fully saturated rings. The number of aromatic nitrogens is 1. The zero-order valence-corrected chi connectivity index (χ0v) is 12.6. The molecule has 0 amide bonds. The molecule has 1 atom stereocenters. The molecule has 0 saturated carbocycles. The summed E-state index contributed by atoms with van der Waals surface area (Å²) in [4.78, 5) is 4.29. The number of nitrogens with zero attached hydrogens (tertiary/aromatic N) is 1. The fourth-order valence-electron chi connectivity index (χ4n) is 2.32. The van der Waals surface area contributed by atoms with Gasteiger partial charge in [0.2, 0.25) is 0 Å². The third-order valence-corrected chi connectivity index (χ3v) is 3.11. The van der Waals surface area contributed by atoms with Crippen LogP contribution in [-0.4, -0.2) is 18.1 Å². The van der Waals surface area contributed by atoms with Crippen LogP contribution in [0.5, 0.6) is 5.75 Å². The van der Waals surface area contributed by atoms with Crippen molar-refractivity contribution < 1.29 is 4.74 Å². The maximum Gasteiger partial charge on any atom is 0.124 e. The summed E-state index contributed by atoms with van der Waals surface area (Å²) in [6, 6.07) is 10.4. The van der Waals surface area contributed by atoms with Gasteiger partial charge in [-0.15, -0.1) is 0 Å². The molecule has 0 saturated heterocycles. The highest BCUT2D eigenvalue weighted by atomic mass is 16.5. The molecular formula is C17H22N2O. The molecule has 1 aromatic heterocycles. The first-order valence-corrected chi connectivity index (χ1v) is 6.96. The Morgan fingerprint density at radius 3 is 2.55 bits per heavy atom. The largest absolute Gasteiger partial charge is 0.491 e. The van der Waals surface area contributed by atoms with Gasteiger partial charge in [-0.1, -0.05) is 24.3 Å². The average Bonchev–Trinajstić information content (AvgIpc) is 2.41. The van der Waals surface area contributed by atoms with Crippen molar-refractivity contribution in [2.45, 2.75) is 32.9 Å². The Hall–Kier alpha value is -1.87. The SMILES string of the molecule is CNC(c1cncc(C)c1)c1ccccc1OC(C)C. The van der Waals surface area contributed by atoms with E-state index < -0.39 is 0 Å². The molecule has 1 unspecified atom stereocenters. The Labute approximate surface area is 121 Å². The monoisotopic (exact) mass is 270 g/mol. The van der Waals surface area contributed by atoms with Crippen molar-refractivity contribution in [3.63, 3.8) is 0 Å². The third kappa shape index (κ3) is 3.36. The first-order chi connectivity index (χ1) is 9.61. The second-order valence-electron chi connectivity index (χ2n) is 5.22. The minimum Gasteiger partial charge on any atom is -0.491 e. The Balaban J connectivity index is 2.41. The van der Waals surface area contributed by atoms with Crippen LogP contribution in [0.2, 0.25) is 0 Å². The van der Waals surface area contributed by atoms with Gasteiger partial charge in [-0.05, 0) is 45.0 Å². The summed E-state index contributed by atoms with van der Waals surface area (Å²) in [6.07, 6.45) is 3.93. The minimum atomic E-state index is 0.0809. The molecule has 3 heteroatoms. The van der Waals surface area contributed by atoms with Gasteiger partial charge in [0.05, 0.1) is 12.1 Å². The summed E-state index contributed by atoms with van der Waals surface area (Å²) in [5, 5.41) is 3.36. The molecule has 0 bridgehead atoms. The summed E-state index contributed by atoms with van der Waals surface area (Å²) < 4.78 is 5.92. The van der Waals surface area contributed by atoms with E-state index in [9.17, 15) is 0 Å². The molecule has 3 nitrogen and oxygen atoms in total. The number of ether oxygens (including phenoxy) is 1.